The van der Waals surface area contributed by atoms with Gasteiger partial charge in [0.2, 0.25) is 0 Å². The van der Waals surface area contributed by atoms with Crippen LogP contribution in [0.4, 0.5) is 9.59 Å². The highest BCUT2D eigenvalue weighted by molar-refractivity contribution is 6.35. The maximum absolute atomic E-state index is 11.5. The Morgan fingerprint density at radius 3 is 1.14 bits per heavy atom. The number of ether oxygens (including phenoxy) is 4. The van der Waals surface area contributed by atoms with Gasteiger partial charge in [-0.1, -0.05) is 46.4 Å². The maximum atomic E-state index is 11.5. The number of esters is 1. The molecule has 9 nitrogen and oxygen atoms in total. The summed E-state index contributed by atoms with van der Waals surface area (Å²) in [6, 6.07) is 9.77. The standard InChI is InChI=1S/C12H14Cl2O2.C10H18O5.C8H6Cl2O2/c1-12(2,3)16-11(15)6-8-4-9(13)7-10(14)5-8;1-9(2,3)14-7(11)13-8(12)15-10(4,5)6;9-6-1-5(3-8(11)12)2-7(10)4-6/h4-5,7H,6H2,1-3H3;1-6H3;1-2,4H,3H2,(H,11,12). The minimum Gasteiger partial charge on any atom is -0.481 e. The van der Waals surface area contributed by atoms with Gasteiger partial charge in [0, 0.05) is 20.1 Å². The Balaban J connectivity index is 0.000000621. The van der Waals surface area contributed by atoms with Crippen LogP contribution in [0.25, 0.3) is 0 Å². The van der Waals surface area contributed by atoms with Crippen LogP contribution in [0.3, 0.4) is 0 Å². The molecule has 0 atom stereocenters. The number of carboxylic acids is 1. The number of carboxylic acid groups (broad SMARTS) is 1. The number of halogens is 4. The lowest BCUT2D eigenvalue weighted by Crippen LogP contribution is -2.29. The Bertz CT molecular complexity index is 1190. The first kappa shape index (κ1) is 40.3. The highest BCUT2D eigenvalue weighted by Gasteiger charge is 2.24. The van der Waals surface area contributed by atoms with Crippen LogP contribution < -0.4 is 0 Å². The number of rotatable bonds is 4. The number of hydrogen-bond donors (Lipinski definition) is 1. The first-order chi connectivity index (χ1) is 19.3. The molecule has 2 aromatic carbocycles. The van der Waals surface area contributed by atoms with Crippen LogP contribution in [0.1, 0.15) is 73.4 Å². The Labute approximate surface area is 272 Å². The van der Waals surface area contributed by atoms with Crippen molar-refractivity contribution in [1.29, 1.82) is 0 Å². The largest absolute Gasteiger partial charge is 0.519 e. The summed E-state index contributed by atoms with van der Waals surface area (Å²) >= 11 is 23.0. The lowest BCUT2D eigenvalue weighted by atomic mass is 10.1. The average molecular weight is 684 g/mol. The second-order valence-corrected chi connectivity index (χ2v) is 13.7. The van der Waals surface area contributed by atoms with E-state index in [0.29, 0.717) is 25.7 Å². The molecule has 0 aliphatic carbocycles. The Hall–Kier alpha value is -2.72. The Morgan fingerprint density at radius 2 is 0.860 bits per heavy atom. The molecular weight excluding hydrogens is 646 g/mol. The smallest absolute Gasteiger partial charge is 0.481 e. The minimum atomic E-state index is -1.06. The van der Waals surface area contributed by atoms with Crippen molar-refractivity contribution in [2.24, 2.45) is 0 Å². The van der Waals surface area contributed by atoms with Crippen LogP contribution in [0.15, 0.2) is 36.4 Å². The number of carbonyl (C=O) groups is 4. The highest BCUT2D eigenvalue weighted by Crippen LogP contribution is 2.21. The van der Waals surface area contributed by atoms with Crippen LogP contribution in [-0.2, 0) is 41.4 Å². The third kappa shape index (κ3) is 23.4. The van der Waals surface area contributed by atoms with E-state index in [-0.39, 0.29) is 18.8 Å². The number of aliphatic carboxylic acids is 1. The molecule has 0 unspecified atom stereocenters. The molecule has 0 aliphatic heterocycles. The summed E-state index contributed by atoms with van der Waals surface area (Å²) < 4.78 is 19.0. The predicted octanol–water partition coefficient (Wildman–Crippen LogP) is 9.37. The van der Waals surface area contributed by atoms with Gasteiger partial charge in [0.05, 0.1) is 12.8 Å². The van der Waals surface area contributed by atoms with Gasteiger partial charge in [0.15, 0.2) is 0 Å². The quantitative estimate of drug-likeness (QED) is 0.190. The van der Waals surface area contributed by atoms with E-state index in [0.717, 1.165) is 5.56 Å². The second-order valence-electron chi connectivity index (χ2n) is 11.9. The predicted molar refractivity (Wildman–Crippen MR) is 167 cm³/mol. The summed E-state index contributed by atoms with van der Waals surface area (Å²) in [5.41, 5.74) is -0.496. The van der Waals surface area contributed by atoms with Crippen LogP contribution in [0.2, 0.25) is 20.1 Å². The van der Waals surface area contributed by atoms with E-state index in [9.17, 15) is 19.2 Å². The molecule has 0 saturated carbocycles. The molecule has 0 radical (unpaired) electrons. The van der Waals surface area contributed by atoms with Crippen molar-refractivity contribution in [1.82, 2.24) is 0 Å². The molecule has 0 heterocycles. The van der Waals surface area contributed by atoms with E-state index in [1.54, 1.807) is 77.9 Å². The van der Waals surface area contributed by atoms with Gasteiger partial charge in [-0.25, -0.2) is 9.59 Å². The zero-order valence-electron chi connectivity index (χ0n) is 25.6. The van der Waals surface area contributed by atoms with Crippen molar-refractivity contribution in [3.63, 3.8) is 0 Å². The van der Waals surface area contributed by atoms with Crippen molar-refractivity contribution in [3.8, 4) is 0 Å². The molecule has 0 aliphatic rings. The first-order valence-electron chi connectivity index (χ1n) is 12.8. The van der Waals surface area contributed by atoms with Gasteiger partial charge in [-0.2, -0.15) is 0 Å². The van der Waals surface area contributed by atoms with Crippen LogP contribution >= 0.6 is 46.4 Å². The number of hydrogen-bond acceptors (Lipinski definition) is 8. The fourth-order valence-electron chi connectivity index (χ4n) is 2.75. The van der Waals surface area contributed by atoms with Crippen LogP contribution in [-0.4, -0.2) is 46.2 Å². The van der Waals surface area contributed by atoms with E-state index < -0.39 is 35.1 Å². The molecule has 0 saturated heterocycles. The molecule has 2 aromatic rings. The fraction of sp³-hybridized carbons (Fsp3) is 0.467. The summed E-state index contributed by atoms with van der Waals surface area (Å²) in [6.45, 7) is 15.5. The molecule has 43 heavy (non-hydrogen) atoms. The molecular formula is C30H38Cl4O9. The monoisotopic (exact) mass is 682 g/mol. The molecule has 0 aromatic heterocycles. The maximum Gasteiger partial charge on any atom is 0.519 e. The van der Waals surface area contributed by atoms with Crippen molar-refractivity contribution < 1.29 is 43.2 Å². The SMILES string of the molecule is CC(C)(C)OC(=O)Cc1cc(Cl)cc(Cl)c1.CC(C)(C)OC(=O)OC(=O)OC(C)(C)C.O=C(O)Cc1cc(Cl)cc(Cl)c1. The van der Waals surface area contributed by atoms with Gasteiger partial charge >= 0.3 is 24.2 Å². The fourth-order valence-corrected chi connectivity index (χ4v) is 3.90. The Kier molecular flexibility index (Phi) is 16.4. The number of benzene rings is 2. The summed E-state index contributed by atoms with van der Waals surface area (Å²) in [5.74, 6) is -1.18. The van der Waals surface area contributed by atoms with E-state index in [4.69, 9.17) is 65.7 Å². The second kappa shape index (κ2) is 17.5. The van der Waals surface area contributed by atoms with E-state index in [1.807, 2.05) is 20.8 Å². The molecule has 0 fully saturated rings. The normalized spacial score (nSPS) is 11.1. The third-order valence-corrected chi connectivity index (χ3v) is 4.79. The Morgan fingerprint density at radius 1 is 0.558 bits per heavy atom. The third-order valence-electron chi connectivity index (χ3n) is 3.91. The lowest BCUT2D eigenvalue weighted by Gasteiger charge is -2.20. The molecule has 240 valence electrons. The van der Waals surface area contributed by atoms with Crippen molar-refractivity contribution in [2.75, 3.05) is 0 Å². The van der Waals surface area contributed by atoms with Gasteiger partial charge < -0.3 is 24.1 Å². The van der Waals surface area contributed by atoms with Crippen molar-refractivity contribution in [3.05, 3.63) is 67.6 Å². The molecule has 0 spiro atoms. The van der Waals surface area contributed by atoms with Gasteiger partial charge in [0.1, 0.15) is 16.8 Å². The zero-order chi connectivity index (χ0) is 33.8. The zero-order valence-corrected chi connectivity index (χ0v) is 28.6. The summed E-state index contributed by atoms with van der Waals surface area (Å²) in [4.78, 5) is 43.9. The van der Waals surface area contributed by atoms with Crippen molar-refractivity contribution >= 4 is 70.7 Å². The molecule has 1 N–H and O–H groups in total. The summed E-state index contributed by atoms with van der Waals surface area (Å²) in [6.07, 6.45) is -1.99. The van der Waals surface area contributed by atoms with Gasteiger partial charge in [-0.05, 0) is 110 Å². The van der Waals surface area contributed by atoms with Gasteiger partial charge in [-0.15, -0.1) is 0 Å². The highest BCUT2D eigenvalue weighted by atomic mass is 35.5. The van der Waals surface area contributed by atoms with Crippen LogP contribution in [0, 0.1) is 0 Å². The topological polar surface area (TPSA) is 125 Å². The number of carbonyl (C=O) groups excluding carboxylic acids is 3. The van der Waals surface area contributed by atoms with E-state index >= 15 is 0 Å². The first-order valence-corrected chi connectivity index (χ1v) is 14.3. The molecule has 0 amide bonds. The molecule has 2 rings (SSSR count). The summed E-state index contributed by atoms with van der Waals surface area (Å²) in [7, 11) is 0. The minimum absolute atomic E-state index is 0.0553. The lowest BCUT2D eigenvalue weighted by molar-refractivity contribution is -0.154. The van der Waals surface area contributed by atoms with Gasteiger partial charge in [0.25, 0.3) is 0 Å². The van der Waals surface area contributed by atoms with Gasteiger partial charge in [-0.3, -0.25) is 9.59 Å². The average Bonchev–Trinajstić information content (AvgIpc) is 2.67. The van der Waals surface area contributed by atoms with E-state index in [1.165, 1.54) is 0 Å². The molecule has 13 heteroatoms. The van der Waals surface area contributed by atoms with Crippen molar-refractivity contribution in [2.45, 2.75) is 92.0 Å². The van der Waals surface area contributed by atoms with E-state index in [2.05, 4.69) is 4.74 Å². The van der Waals surface area contributed by atoms with Crippen LogP contribution in [0.5, 0.6) is 0 Å². The molecule has 0 bridgehead atoms. The summed E-state index contributed by atoms with van der Waals surface area (Å²) in [5, 5.41) is 10.4.